The molecule has 1 aromatic carbocycles. The number of aromatic nitrogens is 4. The zero-order valence-electron chi connectivity index (χ0n) is 28.8. The van der Waals surface area contributed by atoms with E-state index in [2.05, 4.69) is 55.7 Å². The number of fused-ring (bicyclic) bond motifs is 1. The molecule has 1 unspecified atom stereocenters. The van der Waals surface area contributed by atoms with Crippen LogP contribution in [0.4, 0.5) is 16.3 Å². The summed E-state index contributed by atoms with van der Waals surface area (Å²) in [5.41, 5.74) is 4.80. The first-order chi connectivity index (χ1) is 23.6. The van der Waals surface area contributed by atoms with E-state index in [0.29, 0.717) is 37.8 Å². The Morgan fingerprint density at radius 2 is 1.78 bits per heavy atom. The third kappa shape index (κ3) is 9.02. The van der Waals surface area contributed by atoms with Crippen molar-refractivity contribution in [3.05, 3.63) is 66.2 Å². The fourth-order valence-corrected chi connectivity index (χ4v) is 7.43. The standard InChI is InChI=1S/C36H48N8O4Si/c1-49(2,3)19-18-48-25-44-32(21-30-33(38-24-39-34(30)44)43-16-5-4-6-17-43)27-9-11-28(12-10-27)40-35(45)31-20-26(13-14-37-31)22-42-15-7-8-29(23-42)41-36(46)47/h9-14,20-21,24,29,41H,4-8,15-19,22-23,25H2,1-3H3,(H,40,45)(H,46,47). The van der Waals surface area contributed by atoms with Crippen LogP contribution < -0.4 is 15.5 Å². The van der Waals surface area contributed by atoms with E-state index in [-0.39, 0.29) is 11.9 Å². The highest BCUT2D eigenvalue weighted by atomic mass is 28.3. The van der Waals surface area contributed by atoms with E-state index in [0.717, 1.165) is 85.0 Å². The van der Waals surface area contributed by atoms with Crippen molar-refractivity contribution in [1.82, 2.24) is 29.7 Å². The first-order valence-corrected chi connectivity index (χ1v) is 21.1. The van der Waals surface area contributed by atoms with Crippen LogP contribution in [0.5, 0.6) is 0 Å². The molecule has 3 aromatic heterocycles. The summed E-state index contributed by atoms with van der Waals surface area (Å²) in [6.45, 7) is 12.3. The van der Waals surface area contributed by atoms with Crippen LogP contribution in [0.2, 0.25) is 25.7 Å². The van der Waals surface area contributed by atoms with Crippen LogP contribution in [0, 0.1) is 0 Å². The van der Waals surface area contributed by atoms with Gasteiger partial charge in [-0.3, -0.25) is 14.7 Å². The molecule has 0 radical (unpaired) electrons. The maximum Gasteiger partial charge on any atom is 0.404 e. The van der Waals surface area contributed by atoms with Gasteiger partial charge >= 0.3 is 6.09 Å². The highest BCUT2D eigenvalue weighted by Gasteiger charge is 2.23. The van der Waals surface area contributed by atoms with Crippen LogP contribution in [0.15, 0.2) is 55.0 Å². The fraction of sp³-hybridized carbons (Fsp3) is 0.472. The molecule has 5 heterocycles. The van der Waals surface area contributed by atoms with Gasteiger partial charge in [0.25, 0.3) is 5.91 Å². The molecule has 2 aliphatic heterocycles. The quantitative estimate of drug-likeness (QED) is 0.116. The third-order valence-electron chi connectivity index (χ3n) is 9.28. The molecular formula is C36H48N8O4Si. The number of amides is 2. The number of carboxylic acid groups (broad SMARTS) is 1. The normalized spacial score (nSPS) is 17.3. The minimum absolute atomic E-state index is 0.0905. The lowest BCUT2D eigenvalue weighted by Gasteiger charge is -2.32. The Hall–Kier alpha value is -4.33. The molecule has 2 fully saturated rings. The van der Waals surface area contributed by atoms with Gasteiger partial charge in [0, 0.05) is 58.8 Å². The van der Waals surface area contributed by atoms with Crippen LogP contribution in [-0.4, -0.2) is 88.4 Å². The lowest BCUT2D eigenvalue weighted by atomic mass is 10.0. The van der Waals surface area contributed by atoms with Crippen LogP contribution in [0.1, 0.15) is 48.2 Å². The molecule has 2 saturated heterocycles. The second kappa shape index (κ2) is 15.5. The summed E-state index contributed by atoms with van der Waals surface area (Å²) in [7, 11) is -1.24. The van der Waals surface area contributed by atoms with Gasteiger partial charge in [0.15, 0.2) is 0 Å². The Morgan fingerprint density at radius 3 is 2.53 bits per heavy atom. The first kappa shape index (κ1) is 34.5. The van der Waals surface area contributed by atoms with Crippen molar-refractivity contribution in [2.45, 2.75) is 77.1 Å². The largest absolute Gasteiger partial charge is 0.465 e. The molecule has 12 nitrogen and oxygen atoms in total. The smallest absolute Gasteiger partial charge is 0.404 e. The van der Waals surface area contributed by atoms with Gasteiger partial charge in [0.1, 0.15) is 30.2 Å². The number of benzene rings is 1. The van der Waals surface area contributed by atoms with E-state index in [1.807, 2.05) is 30.3 Å². The van der Waals surface area contributed by atoms with Gasteiger partial charge in [-0.05, 0) is 86.2 Å². The molecule has 2 amide bonds. The number of hydrogen-bond acceptors (Lipinski definition) is 8. The number of hydrogen-bond donors (Lipinski definition) is 3. The molecule has 0 bridgehead atoms. The average molecular weight is 685 g/mol. The molecule has 0 aliphatic carbocycles. The molecule has 6 rings (SSSR count). The van der Waals surface area contributed by atoms with Gasteiger partial charge in [-0.2, -0.15) is 0 Å². The molecule has 1 atom stereocenters. The van der Waals surface area contributed by atoms with Gasteiger partial charge in [0.2, 0.25) is 0 Å². The van der Waals surface area contributed by atoms with E-state index in [1.165, 1.54) is 6.42 Å². The van der Waals surface area contributed by atoms with Crippen molar-refractivity contribution >= 4 is 42.6 Å². The van der Waals surface area contributed by atoms with Crippen molar-refractivity contribution in [3.63, 3.8) is 0 Å². The molecule has 3 N–H and O–H groups in total. The van der Waals surface area contributed by atoms with Crippen molar-refractivity contribution in [2.75, 3.05) is 43.0 Å². The summed E-state index contributed by atoms with van der Waals surface area (Å²) in [6.07, 6.45) is 7.63. The van der Waals surface area contributed by atoms with Crippen molar-refractivity contribution < 1.29 is 19.4 Å². The van der Waals surface area contributed by atoms with Crippen molar-refractivity contribution in [3.8, 4) is 11.3 Å². The number of ether oxygens (including phenoxy) is 1. The van der Waals surface area contributed by atoms with Crippen molar-refractivity contribution in [2.24, 2.45) is 0 Å². The monoisotopic (exact) mass is 684 g/mol. The van der Waals surface area contributed by atoms with E-state index >= 15 is 0 Å². The van der Waals surface area contributed by atoms with E-state index < -0.39 is 14.2 Å². The van der Waals surface area contributed by atoms with Crippen LogP contribution in [-0.2, 0) is 18.0 Å². The Kier molecular flexibility index (Phi) is 10.9. The predicted octanol–water partition coefficient (Wildman–Crippen LogP) is 6.28. The maximum absolute atomic E-state index is 13.3. The third-order valence-corrected chi connectivity index (χ3v) is 11.0. The summed E-state index contributed by atoms with van der Waals surface area (Å²) in [4.78, 5) is 42.7. The minimum Gasteiger partial charge on any atom is -0.465 e. The number of rotatable bonds is 12. The van der Waals surface area contributed by atoms with Gasteiger partial charge in [0.05, 0.1) is 11.1 Å². The zero-order chi connectivity index (χ0) is 34.4. The fourth-order valence-electron chi connectivity index (χ4n) is 6.68. The minimum atomic E-state index is -1.24. The molecule has 13 heteroatoms. The molecule has 2 aliphatic rings. The first-order valence-electron chi connectivity index (χ1n) is 17.4. The topological polar surface area (TPSA) is 138 Å². The van der Waals surface area contributed by atoms with Gasteiger partial charge < -0.3 is 29.9 Å². The molecule has 4 aromatic rings. The summed E-state index contributed by atoms with van der Waals surface area (Å²) in [6, 6.07) is 14.7. The average Bonchev–Trinajstić information content (AvgIpc) is 3.45. The summed E-state index contributed by atoms with van der Waals surface area (Å²) >= 11 is 0. The Bertz CT molecular complexity index is 1750. The van der Waals surface area contributed by atoms with Crippen molar-refractivity contribution in [1.29, 1.82) is 0 Å². The molecule has 260 valence electrons. The molecule has 0 spiro atoms. The molecule has 49 heavy (non-hydrogen) atoms. The maximum atomic E-state index is 13.3. The van der Waals surface area contributed by atoms with E-state index in [9.17, 15) is 9.59 Å². The number of piperidine rings is 2. The van der Waals surface area contributed by atoms with E-state index in [4.69, 9.17) is 19.8 Å². The number of anilines is 2. The Labute approximate surface area is 288 Å². The second-order valence-corrected chi connectivity index (χ2v) is 20.0. The number of pyridine rings is 1. The molecular weight excluding hydrogens is 637 g/mol. The Balaban J connectivity index is 1.17. The number of nitrogens with zero attached hydrogens (tertiary/aromatic N) is 6. The highest BCUT2D eigenvalue weighted by molar-refractivity contribution is 6.76. The number of carbonyl (C=O) groups is 2. The second-order valence-electron chi connectivity index (χ2n) is 14.4. The van der Waals surface area contributed by atoms with E-state index in [1.54, 1.807) is 18.6 Å². The predicted molar refractivity (Wildman–Crippen MR) is 195 cm³/mol. The highest BCUT2D eigenvalue weighted by Crippen LogP contribution is 2.33. The molecule has 0 saturated carbocycles. The van der Waals surface area contributed by atoms with Gasteiger partial charge in [-0.15, -0.1) is 0 Å². The van der Waals surface area contributed by atoms with Gasteiger partial charge in [-0.25, -0.2) is 14.8 Å². The lowest BCUT2D eigenvalue weighted by molar-refractivity contribution is 0.0909. The summed E-state index contributed by atoms with van der Waals surface area (Å²) < 4.78 is 8.38. The van der Waals surface area contributed by atoms with Crippen LogP contribution in [0.3, 0.4) is 0 Å². The van der Waals surface area contributed by atoms with Crippen LogP contribution in [0.25, 0.3) is 22.3 Å². The van der Waals surface area contributed by atoms with Gasteiger partial charge in [-0.1, -0.05) is 31.8 Å². The number of likely N-dealkylation sites (tertiary alicyclic amines) is 1. The van der Waals surface area contributed by atoms with Crippen LogP contribution >= 0.6 is 0 Å². The SMILES string of the molecule is C[Si](C)(C)CCOCn1c(-c2ccc(NC(=O)c3cc(CN4CCCC(NC(=O)O)C4)ccn3)cc2)cc2c(N3CCCCC3)ncnc21. The number of nitrogens with one attached hydrogen (secondary N) is 2. The number of carbonyl (C=O) groups excluding carboxylic acids is 1. The summed E-state index contributed by atoms with van der Waals surface area (Å²) in [5, 5.41) is 15.7. The lowest BCUT2D eigenvalue weighted by Crippen LogP contribution is -2.46. The summed E-state index contributed by atoms with van der Waals surface area (Å²) in [5.74, 6) is 0.687. The Morgan fingerprint density at radius 1 is 0.980 bits per heavy atom. The zero-order valence-corrected chi connectivity index (χ0v) is 29.8.